The van der Waals surface area contributed by atoms with Crippen LogP contribution in [0.4, 0.5) is 0 Å². The highest BCUT2D eigenvalue weighted by atomic mass is 79.9. The Bertz CT molecular complexity index is 627. The van der Waals surface area contributed by atoms with Crippen LogP contribution in [0.3, 0.4) is 0 Å². The fourth-order valence-corrected chi connectivity index (χ4v) is 2.09. The van der Waals surface area contributed by atoms with Crippen LogP contribution >= 0.6 is 15.9 Å². The SMILES string of the molecule is Cc1ccc(Oc2ccc(C(=O)N(C)C)nn2)c(Br)c1. The highest BCUT2D eigenvalue weighted by Gasteiger charge is 2.11. The van der Waals surface area contributed by atoms with Crippen LogP contribution in [0, 0.1) is 6.92 Å². The molecule has 0 aliphatic carbocycles. The summed E-state index contributed by atoms with van der Waals surface area (Å²) in [6.07, 6.45) is 0. The van der Waals surface area contributed by atoms with Gasteiger partial charge in [-0.2, -0.15) is 0 Å². The van der Waals surface area contributed by atoms with E-state index in [9.17, 15) is 4.79 Å². The van der Waals surface area contributed by atoms with Gasteiger partial charge in [-0.25, -0.2) is 0 Å². The summed E-state index contributed by atoms with van der Waals surface area (Å²) in [6, 6.07) is 8.95. The Morgan fingerprint density at radius 2 is 1.95 bits per heavy atom. The van der Waals surface area contributed by atoms with Gasteiger partial charge in [-0.1, -0.05) is 6.07 Å². The number of hydrogen-bond donors (Lipinski definition) is 0. The Balaban J connectivity index is 2.17. The van der Waals surface area contributed by atoms with Crippen molar-refractivity contribution in [3.8, 4) is 11.6 Å². The number of nitrogens with zero attached hydrogens (tertiary/aromatic N) is 3. The van der Waals surface area contributed by atoms with Crippen molar-refractivity contribution >= 4 is 21.8 Å². The molecule has 2 rings (SSSR count). The number of aromatic nitrogens is 2. The molecule has 2 aromatic rings. The molecule has 1 aromatic carbocycles. The quantitative estimate of drug-likeness (QED) is 0.865. The average Bonchev–Trinajstić information content (AvgIpc) is 2.42. The fourth-order valence-electron chi connectivity index (χ4n) is 1.52. The number of carbonyl (C=O) groups excluding carboxylic acids is 1. The van der Waals surface area contributed by atoms with Gasteiger partial charge in [-0.15, -0.1) is 10.2 Å². The lowest BCUT2D eigenvalue weighted by molar-refractivity contribution is 0.0820. The predicted molar refractivity (Wildman–Crippen MR) is 79.0 cm³/mol. The Labute approximate surface area is 125 Å². The lowest BCUT2D eigenvalue weighted by Gasteiger charge is -2.10. The molecule has 0 bridgehead atoms. The third-order valence-electron chi connectivity index (χ3n) is 2.57. The average molecular weight is 336 g/mol. The Hall–Kier alpha value is -1.95. The number of ether oxygens (including phenoxy) is 1. The summed E-state index contributed by atoms with van der Waals surface area (Å²) in [6.45, 7) is 2.00. The molecule has 0 aliphatic heterocycles. The van der Waals surface area contributed by atoms with E-state index in [1.54, 1.807) is 26.2 Å². The van der Waals surface area contributed by atoms with Crippen molar-refractivity contribution in [1.82, 2.24) is 15.1 Å². The van der Waals surface area contributed by atoms with Gasteiger partial charge in [-0.05, 0) is 46.6 Å². The summed E-state index contributed by atoms with van der Waals surface area (Å²) in [7, 11) is 3.33. The van der Waals surface area contributed by atoms with Gasteiger partial charge in [0.15, 0.2) is 5.69 Å². The highest BCUT2D eigenvalue weighted by Crippen LogP contribution is 2.29. The van der Waals surface area contributed by atoms with E-state index in [0.717, 1.165) is 10.0 Å². The summed E-state index contributed by atoms with van der Waals surface area (Å²) in [5, 5.41) is 7.76. The topological polar surface area (TPSA) is 55.3 Å². The van der Waals surface area contributed by atoms with Crippen molar-refractivity contribution in [1.29, 1.82) is 0 Å². The molecule has 1 aromatic heterocycles. The molecule has 0 unspecified atom stereocenters. The van der Waals surface area contributed by atoms with Crippen LogP contribution in [-0.2, 0) is 0 Å². The van der Waals surface area contributed by atoms with Crippen LogP contribution in [0.15, 0.2) is 34.8 Å². The standard InChI is InChI=1S/C14H14BrN3O2/c1-9-4-6-12(10(15)8-9)20-13-7-5-11(16-17-13)14(19)18(2)3/h4-8H,1-3H3. The lowest BCUT2D eigenvalue weighted by Crippen LogP contribution is -2.23. The number of carbonyl (C=O) groups is 1. The molecule has 0 saturated carbocycles. The molecule has 20 heavy (non-hydrogen) atoms. The molecule has 1 heterocycles. The van der Waals surface area contributed by atoms with Gasteiger partial charge in [-0.3, -0.25) is 4.79 Å². The zero-order valence-corrected chi connectivity index (χ0v) is 13.0. The van der Waals surface area contributed by atoms with Crippen LogP contribution in [0.1, 0.15) is 16.1 Å². The maximum Gasteiger partial charge on any atom is 0.273 e. The van der Waals surface area contributed by atoms with Crippen LogP contribution < -0.4 is 4.74 Å². The van der Waals surface area contributed by atoms with E-state index in [2.05, 4.69) is 26.1 Å². The molecule has 0 saturated heterocycles. The van der Waals surface area contributed by atoms with E-state index in [1.165, 1.54) is 4.90 Å². The minimum Gasteiger partial charge on any atom is -0.436 e. The van der Waals surface area contributed by atoms with Crippen LogP contribution in [0.25, 0.3) is 0 Å². The Morgan fingerprint density at radius 1 is 1.20 bits per heavy atom. The molecule has 0 atom stereocenters. The number of hydrogen-bond acceptors (Lipinski definition) is 4. The minimum atomic E-state index is -0.194. The summed E-state index contributed by atoms with van der Waals surface area (Å²) < 4.78 is 6.45. The van der Waals surface area contributed by atoms with E-state index in [1.807, 2.05) is 25.1 Å². The zero-order valence-electron chi connectivity index (χ0n) is 11.4. The van der Waals surface area contributed by atoms with Gasteiger partial charge in [0.2, 0.25) is 5.88 Å². The number of benzene rings is 1. The van der Waals surface area contributed by atoms with Gasteiger partial charge < -0.3 is 9.64 Å². The largest absolute Gasteiger partial charge is 0.436 e. The van der Waals surface area contributed by atoms with Crippen molar-refractivity contribution in [3.63, 3.8) is 0 Å². The smallest absolute Gasteiger partial charge is 0.273 e. The molecule has 104 valence electrons. The van der Waals surface area contributed by atoms with Crippen LogP contribution in [0.2, 0.25) is 0 Å². The third-order valence-corrected chi connectivity index (χ3v) is 3.19. The number of rotatable bonds is 3. The van der Waals surface area contributed by atoms with Crippen molar-refractivity contribution in [3.05, 3.63) is 46.1 Å². The Morgan fingerprint density at radius 3 is 2.50 bits per heavy atom. The summed E-state index contributed by atoms with van der Waals surface area (Å²) in [5.74, 6) is 0.794. The van der Waals surface area contributed by atoms with Crippen molar-refractivity contribution in [2.75, 3.05) is 14.1 Å². The van der Waals surface area contributed by atoms with E-state index in [-0.39, 0.29) is 11.6 Å². The summed E-state index contributed by atoms with van der Waals surface area (Å²) in [5.41, 5.74) is 1.41. The normalized spacial score (nSPS) is 10.2. The predicted octanol–water partition coefficient (Wildman–Crippen LogP) is 3.04. The molecule has 0 aliphatic rings. The van der Waals surface area contributed by atoms with E-state index in [0.29, 0.717) is 11.6 Å². The zero-order chi connectivity index (χ0) is 14.7. The molecule has 0 spiro atoms. The molecule has 1 amide bonds. The number of amides is 1. The molecular formula is C14H14BrN3O2. The third kappa shape index (κ3) is 3.33. The second-order valence-electron chi connectivity index (χ2n) is 4.49. The van der Waals surface area contributed by atoms with Gasteiger partial charge >= 0.3 is 0 Å². The van der Waals surface area contributed by atoms with Crippen molar-refractivity contribution in [2.45, 2.75) is 6.92 Å². The second-order valence-corrected chi connectivity index (χ2v) is 5.35. The molecule has 0 fully saturated rings. The first-order valence-corrected chi connectivity index (χ1v) is 6.76. The lowest BCUT2D eigenvalue weighted by atomic mass is 10.2. The monoisotopic (exact) mass is 335 g/mol. The van der Waals surface area contributed by atoms with Crippen molar-refractivity contribution < 1.29 is 9.53 Å². The maximum absolute atomic E-state index is 11.7. The van der Waals surface area contributed by atoms with Gasteiger partial charge in [0.05, 0.1) is 4.47 Å². The van der Waals surface area contributed by atoms with Crippen LogP contribution in [-0.4, -0.2) is 35.1 Å². The summed E-state index contributed by atoms with van der Waals surface area (Å²) >= 11 is 3.43. The first-order chi connectivity index (χ1) is 9.47. The number of halogens is 1. The minimum absolute atomic E-state index is 0.194. The Kier molecular flexibility index (Phi) is 4.34. The maximum atomic E-state index is 11.7. The van der Waals surface area contributed by atoms with E-state index >= 15 is 0 Å². The van der Waals surface area contributed by atoms with E-state index < -0.39 is 0 Å². The van der Waals surface area contributed by atoms with E-state index in [4.69, 9.17) is 4.74 Å². The highest BCUT2D eigenvalue weighted by molar-refractivity contribution is 9.10. The summed E-state index contributed by atoms with van der Waals surface area (Å²) in [4.78, 5) is 13.1. The second kappa shape index (κ2) is 6.00. The van der Waals surface area contributed by atoms with Gasteiger partial charge in [0, 0.05) is 20.2 Å². The first-order valence-electron chi connectivity index (χ1n) is 5.97. The number of aryl methyl sites for hydroxylation is 1. The van der Waals surface area contributed by atoms with Gasteiger partial charge in [0.25, 0.3) is 5.91 Å². The molecule has 5 nitrogen and oxygen atoms in total. The van der Waals surface area contributed by atoms with Crippen LogP contribution in [0.5, 0.6) is 11.6 Å². The van der Waals surface area contributed by atoms with Crippen molar-refractivity contribution in [2.24, 2.45) is 0 Å². The molecule has 0 N–H and O–H groups in total. The fraction of sp³-hybridized carbons (Fsp3) is 0.214. The molecule has 0 radical (unpaired) electrons. The molecular weight excluding hydrogens is 322 g/mol. The first kappa shape index (κ1) is 14.5. The van der Waals surface area contributed by atoms with Gasteiger partial charge in [0.1, 0.15) is 5.75 Å². The molecule has 6 heteroatoms.